The number of nitrogen functional groups attached to an aromatic ring is 1. The molecular weight excluding hydrogens is 257 g/mol. The minimum absolute atomic E-state index is 0.00263. The Morgan fingerprint density at radius 3 is 2.67 bits per heavy atom. The van der Waals surface area contributed by atoms with E-state index in [-0.39, 0.29) is 12.2 Å². The molecule has 1 rings (SSSR count). The second-order valence-corrected chi connectivity index (χ2v) is 6.02. The highest BCUT2D eigenvalue weighted by Gasteiger charge is 2.25. The summed E-state index contributed by atoms with van der Waals surface area (Å²) >= 11 is 0. The number of hydrogen-bond acceptors (Lipinski definition) is 4. The maximum absolute atomic E-state index is 13.6. The monoisotopic (exact) mass is 271 g/mol. The second-order valence-electron chi connectivity index (χ2n) is 4.01. The molecule has 1 aromatic rings. The van der Waals surface area contributed by atoms with Crippen LogP contribution in [0.2, 0.25) is 0 Å². The lowest BCUT2D eigenvalue weighted by Crippen LogP contribution is -2.31. The molecule has 7 heteroatoms. The number of anilines is 1. The van der Waals surface area contributed by atoms with Gasteiger partial charge in [0, 0.05) is 19.3 Å². The first-order valence-corrected chi connectivity index (χ1v) is 6.64. The predicted octanol–water partition coefficient (Wildman–Crippen LogP) is 1.19. The van der Waals surface area contributed by atoms with Gasteiger partial charge in [0.25, 0.3) is 0 Å². The highest BCUT2D eigenvalue weighted by atomic mass is 32.2. The van der Waals surface area contributed by atoms with Crippen molar-refractivity contribution in [3.63, 3.8) is 0 Å². The molecule has 0 fully saturated rings. The molecule has 0 heterocycles. The topological polar surface area (TPSA) is 87.2 Å². The van der Waals surface area contributed by atoms with Crippen LogP contribution in [0.25, 0.3) is 0 Å². The Balaban J connectivity index is 3.10. The van der Waals surface area contributed by atoms with E-state index in [9.17, 15) is 12.8 Å². The largest absolute Gasteiger partial charge is 0.399 e. The molecule has 0 aromatic heterocycles. The fraction of sp³-hybridized carbons (Fsp3) is 0.364. The quantitative estimate of drug-likeness (QED) is 0.833. The van der Waals surface area contributed by atoms with E-state index < -0.39 is 26.7 Å². The molecule has 0 saturated carbocycles. The Hall–Kier alpha value is -1.65. The zero-order chi connectivity index (χ0) is 13.9. The van der Waals surface area contributed by atoms with Crippen molar-refractivity contribution < 1.29 is 12.8 Å². The molecule has 0 radical (unpaired) electrons. The van der Waals surface area contributed by atoms with Crippen LogP contribution in [-0.4, -0.2) is 26.3 Å². The van der Waals surface area contributed by atoms with Crippen molar-refractivity contribution in [2.24, 2.45) is 5.92 Å². The second kappa shape index (κ2) is 5.33. The van der Waals surface area contributed by atoms with Gasteiger partial charge in [0.2, 0.25) is 10.0 Å². The van der Waals surface area contributed by atoms with Crippen LogP contribution < -0.4 is 5.73 Å². The first kappa shape index (κ1) is 14.4. The first-order chi connectivity index (χ1) is 8.28. The molecule has 0 aliphatic rings. The average Bonchev–Trinajstić information content (AvgIpc) is 2.28. The van der Waals surface area contributed by atoms with Gasteiger partial charge in [0.05, 0.1) is 12.0 Å². The molecule has 1 aromatic carbocycles. The van der Waals surface area contributed by atoms with Gasteiger partial charge in [-0.15, -0.1) is 0 Å². The highest BCUT2D eigenvalue weighted by Crippen LogP contribution is 2.20. The Morgan fingerprint density at radius 1 is 1.56 bits per heavy atom. The number of sulfonamides is 1. The number of nitriles is 1. The average molecular weight is 271 g/mol. The zero-order valence-electron chi connectivity index (χ0n) is 10.1. The fourth-order valence-electron chi connectivity index (χ4n) is 1.42. The van der Waals surface area contributed by atoms with Gasteiger partial charge in [0.15, 0.2) is 0 Å². The van der Waals surface area contributed by atoms with Gasteiger partial charge in [-0.1, -0.05) is 0 Å². The molecule has 1 unspecified atom stereocenters. The fourth-order valence-corrected chi connectivity index (χ4v) is 2.72. The third kappa shape index (κ3) is 2.97. The van der Waals surface area contributed by atoms with Gasteiger partial charge in [-0.3, -0.25) is 0 Å². The van der Waals surface area contributed by atoms with E-state index in [1.54, 1.807) is 6.92 Å². The van der Waals surface area contributed by atoms with Crippen LogP contribution in [0.1, 0.15) is 6.92 Å². The van der Waals surface area contributed by atoms with Crippen molar-refractivity contribution in [1.29, 1.82) is 5.26 Å². The van der Waals surface area contributed by atoms with Crippen LogP contribution in [-0.2, 0) is 10.0 Å². The maximum atomic E-state index is 13.6. The molecule has 98 valence electrons. The maximum Gasteiger partial charge on any atom is 0.245 e. The molecule has 5 nitrogen and oxygen atoms in total. The summed E-state index contributed by atoms with van der Waals surface area (Å²) in [6.07, 6.45) is 0. The SMILES string of the molecule is CC(C#N)CN(C)S(=O)(=O)c1ccc(N)cc1F. The molecule has 18 heavy (non-hydrogen) atoms. The minimum Gasteiger partial charge on any atom is -0.399 e. The van der Waals surface area contributed by atoms with Crippen LogP contribution in [0.3, 0.4) is 0 Å². The van der Waals surface area contributed by atoms with Crippen LogP contribution in [0.4, 0.5) is 10.1 Å². The molecule has 0 saturated heterocycles. The Bertz CT molecular complexity index is 580. The van der Waals surface area contributed by atoms with E-state index in [1.165, 1.54) is 13.1 Å². The summed E-state index contributed by atoms with van der Waals surface area (Å²) in [5, 5.41) is 8.65. The molecule has 1 atom stereocenters. The lowest BCUT2D eigenvalue weighted by atomic mass is 10.2. The molecule has 0 aliphatic heterocycles. The number of nitrogens with two attached hydrogens (primary N) is 1. The number of rotatable bonds is 4. The molecule has 2 N–H and O–H groups in total. The van der Waals surface area contributed by atoms with Gasteiger partial charge in [-0.05, 0) is 25.1 Å². The Kier molecular flexibility index (Phi) is 4.27. The molecule has 0 bridgehead atoms. The summed E-state index contributed by atoms with van der Waals surface area (Å²) in [5.41, 5.74) is 5.51. The van der Waals surface area contributed by atoms with E-state index in [0.29, 0.717) is 0 Å². The lowest BCUT2D eigenvalue weighted by molar-refractivity contribution is 0.434. The highest BCUT2D eigenvalue weighted by molar-refractivity contribution is 7.89. The Labute approximate surface area is 106 Å². The van der Waals surface area contributed by atoms with E-state index in [0.717, 1.165) is 16.4 Å². The predicted molar refractivity (Wildman–Crippen MR) is 65.4 cm³/mol. The van der Waals surface area contributed by atoms with Crippen molar-refractivity contribution in [3.05, 3.63) is 24.0 Å². The summed E-state index contributed by atoms with van der Waals surface area (Å²) in [4.78, 5) is -0.440. The number of benzene rings is 1. The normalized spacial score (nSPS) is 13.3. The molecule has 0 spiro atoms. The van der Waals surface area contributed by atoms with E-state index >= 15 is 0 Å². The van der Waals surface area contributed by atoms with Gasteiger partial charge in [-0.25, -0.2) is 12.8 Å². The van der Waals surface area contributed by atoms with Crippen LogP contribution in [0.5, 0.6) is 0 Å². The smallest absolute Gasteiger partial charge is 0.245 e. The minimum atomic E-state index is -3.94. The Morgan fingerprint density at radius 2 is 2.17 bits per heavy atom. The summed E-state index contributed by atoms with van der Waals surface area (Å²) in [5.74, 6) is -1.37. The third-order valence-corrected chi connectivity index (χ3v) is 4.25. The van der Waals surface area contributed by atoms with Crippen LogP contribution >= 0.6 is 0 Å². The lowest BCUT2D eigenvalue weighted by Gasteiger charge is -2.18. The van der Waals surface area contributed by atoms with E-state index in [1.807, 2.05) is 6.07 Å². The van der Waals surface area contributed by atoms with Crippen molar-refractivity contribution >= 4 is 15.7 Å². The summed E-state index contributed by atoms with van der Waals surface area (Å²) in [6.45, 7) is 1.59. The number of hydrogen-bond donors (Lipinski definition) is 1. The standard InChI is InChI=1S/C11H14FN3O2S/c1-8(6-13)7-15(2)18(16,17)11-4-3-9(14)5-10(11)12/h3-5,8H,7,14H2,1-2H3. The van der Waals surface area contributed by atoms with Gasteiger partial charge in [-0.2, -0.15) is 9.57 Å². The van der Waals surface area contributed by atoms with E-state index in [2.05, 4.69) is 0 Å². The van der Waals surface area contributed by atoms with E-state index in [4.69, 9.17) is 11.0 Å². The van der Waals surface area contributed by atoms with Crippen LogP contribution in [0, 0.1) is 23.1 Å². The van der Waals surface area contributed by atoms with Crippen molar-refractivity contribution in [1.82, 2.24) is 4.31 Å². The first-order valence-electron chi connectivity index (χ1n) is 5.20. The number of nitrogens with zero attached hydrogens (tertiary/aromatic N) is 2. The van der Waals surface area contributed by atoms with Crippen molar-refractivity contribution in [3.8, 4) is 6.07 Å². The third-order valence-electron chi connectivity index (χ3n) is 2.40. The summed E-state index contributed by atoms with van der Waals surface area (Å²) in [6, 6.07) is 5.31. The van der Waals surface area contributed by atoms with Crippen molar-refractivity contribution in [2.45, 2.75) is 11.8 Å². The summed E-state index contributed by atoms with van der Waals surface area (Å²) < 4.78 is 38.6. The van der Waals surface area contributed by atoms with Gasteiger partial charge in [0.1, 0.15) is 10.7 Å². The summed E-state index contributed by atoms with van der Waals surface area (Å²) in [7, 11) is -2.64. The molecule has 0 amide bonds. The van der Waals surface area contributed by atoms with Crippen molar-refractivity contribution in [2.75, 3.05) is 19.3 Å². The van der Waals surface area contributed by atoms with Gasteiger partial charge < -0.3 is 5.73 Å². The zero-order valence-corrected chi connectivity index (χ0v) is 10.9. The molecular formula is C11H14FN3O2S. The number of halogens is 1. The van der Waals surface area contributed by atoms with Gasteiger partial charge >= 0.3 is 0 Å². The van der Waals surface area contributed by atoms with Crippen LogP contribution in [0.15, 0.2) is 23.1 Å². The molecule has 0 aliphatic carbocycles.